The Morgan fingerprint density at radius 1 is 0.769 bits per heavy atom. The van der Waals surface area contributed by atoms with Crippen LogP contribution in [-0.2, 0) is 0 Å². The fourth-order valence-electron chi connectivity index (χ4n) is 3.20. The van der Waals surface area contributed by atoms with Crippen molar-refractivity contribution in [3.8, 4) is 11.5 Å². The maximum Gasteiger partial charge on any atom is 0.379 e. The summed E-state index contributed by atoms with van der Waals surface area (Å²) in [6, 6.07) is 22.9. The molecular formula is C22H13NO3. The molecule has 4 nitrogen and oxygen atoms in total. The molecule has 2 heterocycles. The highest BCUT2D eigenvalue weighted by atomic mass is 16.5. The van der Waals surface area contributed by atoms with Crippen LogP contribution in [0.3, 0.4) is 0 Å². The Kier molecular flexibility index (Phi) is 3.22. The summed E-state index contributed by atoms with van der Waals surface area (Å²) >= 11 is 0. The van der Waals surface area contributed by atoms with Crippen LogP contribution in [0.1, 0.15) is 0 Å². The van der Waals surface area contributed by atoms with E-state index >= 15 is 0 Å². The van der Waals surface area contributed by atoms with Crippen molar-refractivity contribution in [1.82, 2.24) is 4.98 Å². The molecule has 124 valence electrons. The van der Waals surface area contributed by atoms with E-state index in [-0.39, 0.29) is 5.75 Å². The summed E-state index contributed by atoms with van der Waals surface area (Å²) in [6.07, 6.45) is 1.70. The molecule has 2 aromatic heterocycles. The lowest BCUT2D eigenvalue weighted by Crippen LogP contribution is -2.03. The molecule has 0 fully saturated rings. The fraction of sp³-hybridized carbons (Fsp3) is 0. The highest BCUT2D eigenvalue weighted by Crippen LogP contribution is 2.30. The Morgan fingerprint density at radius 2 is 1.62 bits per heavy atom. The van der Waals surface area contributed by atoms with E-state index in [4.69, 9.17) is 9.15 Å². The number of aromatic nitrogens is 1. The van der Waals surface area contributed by atoms with Gasteiger partial charge in [0.1, 0.15) is 11.1 Å². The van der Waals surface area contributed by atoms with Crippen LogP contribution in [0.5, 0.6) is 11.5 Å². The van der Waals surface area contributed by atoms with Crippen molar-refractivity contribution in [2.45, 2.75) is 0 Å². The predicted molar refractivity (Wildman–Crippen MR) is 102 cm³/mol. The van der Waals surface area contributed by atoms with Crippen LogP contribution >= 0.6 is 0 Å². The zero-order valence-corrected chi connectivity index (χ0v) is 13.7. The van der Waals surface area contributed by atoms with Crippen molar-refractivity contribution >= 4 is 32.6 Å². The van der Waals surface area contributed by atoms with Crippen LogP contribution < -0.4 is 10.4 Å². The molecule has 3 aromatic carbocycles. The number of fused-ring (bicyclic) bond motifs is 4. The van der Waals surface area contributed by atoms with Crippen LogP contribution in [0.25, 0.3) is 32.6 Å². The highest BCUT2D eigenvalue weighted by molar-refractivity contribution is 6.05. The predicted octanol–water partition coefficient (Wildman–Crippen LogP) is 5.29. The van der Waals surface area contributed by atoms with E-state index in [0.717, 1.165) is 21.5 Å². The highest BCUT2D eigenvalue weighted by Gasteiger charge is 2.12. The monoisotopic (exact) mass is 339 g/mol. The standard InChI is InChI=1S/C22H13NO3/c24-22-20(25-19-9-3-6-15-7-4-12-23-21(15)19)13-17-16-8-2-1-5-14(16)10-11-18(17)26-22/h1-13H. The second-order valence-corrected chi connectivity index (χ2v) is 6.03. The van der Waals surface area contributed by atoms with Crippen molar-refractivity contribution in [2.24, 2.45) is 0 Å². The molecule has 0 bridgehead atoms. The van der Waals surface area contributed by atoms with Gasteiger partial charge >= 0.3 is 5.63 Å². The summed E-state index contributed by atoms with van der Waals surface area (Å²) in [5, 5.41) is 3.87. The Hall–Kier alpha value is -3.66. The van der Waals surface area contributed by atoms with Crippen LogP contribution in [0.2, 0.25) is 0 Å². The number of para-hydroxylation sites is 1. The first-order chi connectivity index (χ1) is 12.8. The summed E-state index contributed by atoms with van der Waals surface area (Å²) in [7, 11) is 0. The molecular weight excluding hydrogens is 326 g/mol. The Labute approximate surface area is 148 Å². The quantitative estimate of drug-likeness (QED) is 0.324. The number of pyridine rings is 1. The minimum absolute atomic E-state index is 0.145. The topological polar surface area (TPSA) is 52.3 Å². The molecule has 26 heavy (non-hydrogen) atoms. The minimum Gasteiger partial charge on any atom is -0.447 e. The molecule has 0 aliphatic heterocycles. The van der Waals surface area contributed by atoms with Gasteiger partial charge in [-0.2, -0.15) is 0 Å². The summed E-state index contributed by atoms with van der Waals surface area (Å²) < 4.78 is 11.4. The third kappa shape index (κ3) is 2.31. The van der Waals surface area contributed by atoms with E-state index in [2.05, 4.69) is 4.98 Å². The maximum absolute atomic E-state index is 12.4. The average molecular weight is 339 g/mol. The number of rotatable bonds is 2. The smallest absolute Gasteiger partial charge is 0.379 e. The lowest BCUT2D eigenvalue weighted by Gasteiger charge is -2.09. The lowest BCUT2D eigenvalue weighted by atomic mass is 10.1. The van der Waals surface area contributed by atoms with Gasteiger partial charge in [0, 0.05) is 17.0 Å². The zero-order chi connectivity index (χ0) is 17.5. The second kappa shape index (κ2) is 5.70. The first-order valence-electron chi connectivity index (χ1n) is 8.27. The van der Waals surface area contributed by atoms with Crippen molar-refractivity contribution in [3.63, 3.8) is 0 Å². The molecule has 0 saturated carbocycles. The van der Waals surface area contributed by atoms with Gasteiger partial charge in [-0.1, -0.05) is 48.5 Å². The molecule has 0 aliphatic carbocycles. The molecule has 0 atom stereocenters. The number of ether oxygens (including phenoxy) is 1. The van der Waals surface area contributed by atoms with Crippen LogP contribution in [-0.4, -0.2) is 4.98 Å². The van der Waals surface area contributed by atoms with Crippen molar-refractivity contribution < 1.29 is 9.15 Å². The fourth-order valence-corrected chi connectivity index (χ4v) is 3.20. The Morgan fingerprint density at radius 3 is 2.58 bits per heavy atom. The van der Waals surface area contributed by atoms with Gasteiger partial charge in [0.05, 0.1) is 0 Å². The van der Waals surface area contributed by atoms with Crippen molar-refractivity contribution in [1.29, 1.82) is 0 Å². The van der Waals surface area contributed by atoms with Gasteiger partial charge in [-0.25, -0.2) is 4.79 Å². The molecule has 5 aromatic rings. The van der Waals surface area contributed by atoms with E-state index in [1.165, 1.54) is 0 Å². The summed E-state index contributed by atoms with van der Waals surface area (Å²) in [6.45, 7) is 0. The van der Waals surface area contributed by atoms with E-state index in [0.29, 0.717) is 16.8 Å². The normalized spacial score (nSPS) is 11.2. The van der Waals surface area contributed by atoms with Gasteiger partial charge in [0.2, 0.25) is 5.75 Å². The van der Waals surface area contributed by atoms with Gasteiger partial charge in [-0.05, 0) is 35.0 Å². The largest absolute Gasteiger partial charge is 0.447 e. The molecule has 0 aliphatic rings. The van der Waals surface area contributed by atoms with Crippen molar-refractivity contribution in [3.05, 3.63) is 89.4 Å². The van der Waals surface area contributed by atoms with Gasteiger partial charge in [0.15, 0.2) is 5.75 Å². The third-order valence-corrected chi connectivity index (χ3v) is 4.43. The van der Waals surface area contributed by atoms with Gasteiger partial charge < -0.3 is 9.15 Å². The number of nitrogens with zero attached hydrogens (tertiary/aromatic N) is 1. The maximum atomic E-state index is 12.4. The molecule has 0 amide bonds. The van der Waals surface area contributed by atoms with E-state index in [1.54, 1.807) is 18.3 Å². The molecule has 4 heteroatoms. The number of hydrogen-bond acceptors (Lipinski definition) is 4. The molecule has 5 rings (SSSR count). The number of benzene rings is 3. The Bertz CT molecular complexity index is 1330. The molecule has 0 unspecified atom stereocenters. The summed E-state index contributed by atoms with van der Waals surface area (Å²) in [5.41, 5.74) is 0.727. The van der Waals surface area contributed by atoms with E-state index in [9.17, 15) is 4.79 Å². The lowest BCUT2D eigenvalue weighted by molar-refractivity contribution is 0.440. The minimum atomic E-state index is -0.513. The summed E-state index contributed by atoms with van der Waals surface area (Å²) in [5.74, 6) is 0.669. The Balaban J connectivity index is 1.72. The SMILES string of the molecule is O=c1oc2ccc3ccccc3c2cc1Oc1cccc2cccnc12. The van der Waals surface area contributed by atoms with Crippen LogP contribution in [0, 0.1) is 0 Å². The molecule has 0 saturated heterocycles. The van der Waals surface area contributed by atoms with Crippen LogP contribution in [0.4, 0.5) is 0 Å². The first kappa shape index (κ1) is 14.7. The van der Waals surface area contributed by atoms with Gasteiger partial charge in [0.25, 0.3) is 0 Å². The van der Waals surface area contributed by atoms with Gasteiger partial charge in [-0.3, -0.25) is 4.98 Å². The number of hydrogen-bond donors (Lipinski definition) is 0. The first-order valence-corrected chi connectivity index (χ1v) is 8.27. The van der Waals surface area contributed by atoms with Crippen LogP contribution in [0.15, 0.2) is 88.2 Å². The van der Waals surface area contributed by atoms with E-state index in [1.807, 2.05) is 60.7 Å². The third-order valence-electron chi connectivity index (χ3n) is 4.43. The molecule has 0 N–H and O–H groups in total. The molecule has 0 radical (unpaired) electrons. The summed E-state index contributed by atoms with van der Waals surface area (Å²) in [4.78, 5) is 16.8. The van der Waals surface area contributed by atoms with E-state index < -0.39 is 5.63 Å². The van der Waals surface area contributed by atoms with Crippen molar-refractivity contribution in [2.75, 3.05) is 0 Å². The molecule has 0 spiro atoms. The zero-order valence-electron chi connectivity index (χ0n) is 13.7. The second-order valence-electron chi connectivity index (χ2n) is 6.03. The average Bonchev–Trinajstić information content (AvgIpc) is 2.69. The van der Waals surface area contributed by atoms with Gasteiger partial charge in [-0.15, -0.1) is 0 Å².